The second-order valence-electron chi connectivity index (χ2n) is 11.9. The maximum Gasteiger partial charge on any atom is 0.225 e. The fraction of sp³-hybridized carbons (Fsp3) is 0.567. The van der Waals surface area contributed by atoms with Crippen LogP contribution in [0.3, 0.4) is 0 Å². The van der Waals surface area contributed by atoms with Gasteiger partial charge in [0.1, 0.15) is 0 Å². The second kappa shape index (κ2) is 10.4. The Morgan fingerprint density at radius 1 is 1.07 bits per heavy atom. The number of piperidine rings is 1. The van der Waals surface area contributed by atoms with Crippen molar-refractivity contribution < 1.29 is 14.3 Å². The minimum Gasteiger partial charge on any atom is -0.378 e. The van der Waals surface area contributed by atoms with Gasteiger partial charge in [0.05, 0.1) is 41.8 Å². The van der Waals surface area contributed by atoms with Crippen molar-refractivity contribution in [2.24, 2.45) is 11.7 Å². The summed E-state index contributed by atoms with van der Waals surface area (Å²) in [5.41, 5.74) is 10.9. The lowest BCUT2D eigenvalue weighted by molar-refractivity contribution is -0.139. The summed E-state index contributed by atoms with van der Waals surface area (Å²) in [6, 6.07) is 9.28. The standard InChI is InChI=1S/C30H39N7O3/c1-39-30(5-8-34(9-6-30)25-19-40-20-25)23-2-3-26(32-17-23)22-16-28-27(4-7-33-37(28)18-22)35-10-12-36(13-11-35)29(38)21-14-24(31)15-21/h2-4,7,16-18,21,24-25H,5-6,8-15,19-20,31H2,1H3/t21-,24-. The number of hydrogen-bond donors (Lipinski definition) is 1. The molecule has 1 aliphatic carbocycles. The van der Waals surface area contributed by atoms with E-state index in [1.54, 1.807) is 0 Å². The number of hydrogen-bond acceptors (Lipinski definition) is 8. The van der Waals surface area contributed by atoms with E-state index in [9.17, 15) is 4.79 Å². The summed E-state index contributed by atoms with van der Waals surface area (Å²) in [7, 11) is 1.82. The molecule has 4 fully saturated rings. The van der Waals surface area contributed by atoms with E-state index in [2.05, 4.69) is 39.2 Å². The van der Waals surface area contributed by atoms with Crippen LogP contribution in [0.2, 0.25) is 0 Å². The lowest BCUT2D eigenvalue weighted by Crippen LogP contribution is -2.54. The summed E-state index contributed by atoms with van der Waals surface area (Å²) in [4.78, 5) is 24.6. The Morgan fingerprint density at radius 2 is 1.85 bits per heavy atom. The number of rotatable bonds is 6. The largest absolute Gasteiger partial charge is 0.378 e. The van der Waals surface area contributed by atoms with Crippen LogP contribution in [-0.2, 0) is 19.9 Å². The van der Waals surface area contributed by atoms with E-state index in [0.29, 0.717) is 6.04 Å². The summed E-state index contributed by atoms with van der Waals surface area (Å²) < 4.78 is 13.4. The Kier molecular flexibility index (Phi) is 6.74. The van der Waals surface area contributed by atoms with Gasteiger partial charge in [0.25, 0.3) is 0 Å². The van der Waals surface area contributed by atoms with E-state index in [1.165, 1.54) is 0 Å². The molecule has 1 amide bonds. The maximum atomic E-state index is 12.8. The topological polar surface area (TPSA) is 101 Å². The Morgan fingerprint density at radius 3 is 2.48 bits per heavy atom. The molecule has 40 heavy (non-hydrogen) atoms. The van der Waals surface area contributed by atoms with Gasteiger partial charge in [-0.15, -0.1) is 0 Å². The first-order valence-corrected chi connectivity index (χ1v) is 14.6. The molecule has 10 heteroatoms. The molecule has 0 atom stereocenters. The predicted octanol–water partition coefficient (Wildman–Crippen LogP) is 2.12. The third-order valence-electron chi connectivity index (χ3n) is 9.66. The number of likely N-dealkylation sites (tertiary alicyclic amines) is 1. The number of ether oxygens (including phenoxy) is 2. The summed E-state index contributed by atoms with van der Waals surface area (Å²) >= 11 is 0. The van der Waals surface area contributed by atoms with Crippen LogP contribution in [-0.4, -0.2) is 102 Å². The Balaban J connectivity index is 1.05. The highest BCUT2D eigenvalue weighted by Crippen LogP contribution is 2.38. The van der Waals surface area contributed by atoms with E-state index < -0.39 is 0 Å². The predicted molar refractivity (Wildman–Crippen MR) is 152 cm³/mol. The number of amides is 1. The fourth-order valence-electron chi connectivity index (χ4n) is 6.83. The molecule has 1 saturated carbocycles. The van der Waals surface area contributed by atoms with Gasteiger partial charge in [0.2, 0.25) is 5.91 Å². The molecule has 0 aromatic carbocycles. The van der Waals surface area contributed by atoms with Gasteiger partial charge in [0.15, 0.2) is 0 Å². The third-order valence-corrected chi connectivity index (χ3v) is 9.66. The van der Waals surface area contributed by atoms with Crippen molar-refractivity contribution in [3.63, 3.8) is 0 Å². The highest BCUT2D eigenvalue weighted by atomic mass is 16.5. The number of carbonyl (C=O) groups is 1. The minimum atomic E-state index is -0.291. The zero-order chi connectivity index (χ0) is 27.3. The van der Waals surface area contributed by atoms with E-state index >= 15 is 0 Å². The SMILES string of the molecule is COC1(c2ccc(-c3cc4c(N5CCN(C(=O)[C@H]6C[C@H](N)C6)CC5)ccnn4c3)nc2)CCN(C2COC2)CC1. The molecule has 3 aromatic rings. The summed E-state index contributed by atoms with van der Waals surface area (Å²) in [6.07, 6.45) is 9.45. The van der Waals surface area contributed by atoms with Crippen LogP contribution in [0, 0.1) is 5.92 Å². The Labute approximate surface area is 235 Å². The molecule has 2 N–H and O–H groups in total. The minimum absolute atomic E-state index is 0.121. The number of nitrogens with two attached hydrogens (primary N) is 1. The molecule has 0 radical (unpaired) electrons. The smallest absolute Gasteiger partial charge is 0.225 e. The van der Waals surface area contributed by atoms with Gasteiger partial charge in [-0.1, -0.05) is 6.07 Å². The Bertz CT molecular complexity index is 1350. The molecule has 10 nitrogen and oxygen atoms in total. The van der Waals surface area contributed by atoms with Gasteiger partial charge in [0, 0.05) is 88.1 Å². The fourth-order valence-corrected chi connectivity index (χ4v) is 6.83. The molecule has 3 saturated heterocycles. The number of pyridine rings is 1. The van der Waals surface area contributed by atoms with Crippen LogP contribution in [0.25, 0.3) is 16.8 Å². The average Bonchev–Trinajstić information content (AvgIpc) is 3.40. The molecular weight excluding hydrogens is 506 g/mol. The molecule has 6 heterocycles. The first kappa shape index (κ1) is 25.9. The van der Waals surface area contributed by atoms with Crippen LogP contribution in [0.5, 0.6) is 0 Å². The van der Waals surface area contributed by atoms with Gasteiger partial charge in [-0.3, -0.25) is 14.7 Å². The first-order chi connectivity index (χ1) is 19.5. The van der Waals surface area contributed by atoms with Crippen molar-refractivity contribution in [2.75, 3.05) is 64.5 Å². The molecule has 3 aromatic heterocycles. The van der Waals surface area contributed by atoms with Crippen molar-refractivity contribution in [3.05, 3.63) is 48.4 Å². The number of piperazine rings is 1. The van der Waals surface area contributed by atoms with Crippen LogP contribution >= 0.6 is 0 Å². The molecule has 0 spiro atoms. The van der Waals surface area contributed by atoms with E-state index in [1.807, 2.05) is 35.1 Å². The third kappa shape index (κ3) is 4.56. The molecule has 0 unspecified atom stereocenters. The quantitative estimate of drug-likeness (QED) is 0.503. The number of nitrogens with zero attached hydrogens (tertiary/aromatic N) is 6. The van der Waals surface area contributed by atoms with E-state index in [-0.39, 0.29) is 23.5 Å². The maximum absolute atomic E-state index is 12.8. The van der Waals surface area contributed by atoms with E-state index in [4.69, 9.17) is 20.2 Å². The lowest BCUT2D eigenvalue weighted by atomic mass is 9.80. The van der Waals surface area contributed by atoms with Crippen LogP contribution in [0.15, 0.2) is 42.9 Å². The van der Waals surface area contributed by atoms with Crippen LogP contribution in [0.4, 0.5) is 5.69 Å². The number of fused-ring (bicyclic) bond motifs is 1. The zero-order valence-corrected chi connectivity index (χ0v) is 23.2. The number of anilines is 1. The van der Waals surface area contributed by atoms with Gasteiger partial charge >= 0.3 is 0 Å². The highest BCUT2D eigenvalue weighted by molar-refractivity contribution is 5.81. The zero-order valence-electron chi connectivity index (χ0n) is 23.2. The molecule has 212 valence electrons. The van der Waals surface area contributed by atoms with Gasteiger partial charge in [-0.05, 0) is 43.9 Å². The summed E-state index contributed by atoms with van der Waals surface area (Å²) in [6.45, 7) is 6.83. The summed E-state index contributed by atoms with van der Waals surface area (Å²) in [5.74, 6) is 0.393. The molecule has 4 aliphatic rings. The lowest BCUT2D eigenvalue weighted by Gasteiger charge is -2.46. The monoisotopic (exact) mass is 545 g/mol. The molecular formula is C30H39N7O3. The Hall–Kier alpha value is -3.05. The van der Waals surface area contributed by atoms with E-state index in [0.717, 1.165) is 106 Å². The number of carbonyl (C=O) groups excluding carboxylic acids is 1. The summed E-state index contributed by atoms with van der Waals surface area (Å²) in [5, 5.41) is 4.58. The second-order valence-corrected chi connectivity index (χ2v) is 11.9. The molecule has 0 bridgehead atoms. The first-order valence-electron chi connectivity index (χ1n) is 14.6. The van der Waals surface area contributed by atoms with Crippen molar-refractivity contribution >= 4 is 17.1 Å². The van der Waals surface area contributed by atoms with Gasteiger partial charge < -0.3 is 25.0 Å². The average molecular weight is 546 g/mol. The number of aromatic nitrogens is 3. The van der Waals surface area contributed by atoms with Crippen LogP contribution < -0.4 is 10.6 Å². The van der Waals surface area contributed by atoms with Crippen molar-refractivity contribution in [1.29, 1.82) is 0 Å². The normalized spacial score (nSPS) is 25.6. The molecule has 3 aliphatic heterocycles. The van der Waals surface area contributed by atoms with Crippen molar-refractivity contribution in [1.82, 2.24) is 24.4 Å². The van der Waals surface area contributed by atoms with Crippen molar-refractivity contribution in [2.45, 2.75) is 43.4 Å². The van der Waals surface area contributed by atoms with Crippen molar-refractivity contribution in [3.8, 4) is 11.3 Å². The number of methoxy groups -OCH3 is 1. The van der Waals surface area contributed by atoms with Gasteiger partial charge in [-0.25, -0.2) is 4.52 Å². The highest BCUT2D eigenvalue weighted by Gasteiger charge is 2.40. The van der Waals surface area contributed by atoms with Gasteiger partial charge in [-0.2, -0.15) is 5.10 Å². The van der Waals surface area contributed by atoms with Crippen LogP contribution in [0.1, 0.15) is 31.2 Å². The molecule has 7 rings (SSSR count).